The van der Waals surface area contributed by atoms with Crippen LogP contribution < -0.4 is 0 Å². The van der Waals surface area contributed by atoms with Gasteiger partial charge in [0.05, 0.1) is 0 Å². The fraction of sp³-hybridized carbons (Fsp3) is 0.833. The Kier molecular flexibility index (Phi) is 3.40. The summed E-state index contributed by atoms with van der Waals surface area (Å²) in [5.41, 5.74) is 0. The van der Waals surface area contributed by atoms with Crippen LogP contribution in [0.4, 0.5) is 4.39 Å². The van der Waals surface area contributed by atoms with E-state index in [9.17, 15) is 9.18 Å². The maximum Gasteiger partial charge on any atom is 0.163 e. The molecule has 0 aromatic carbocycles. The van der Waals surface area contributed by atoms with Crippen molar-refractivity contribution >= 4 is 5.78 Å². The van der Waals surface area contributed by atoms with E-state index in [1.807, 2.05) is 6.92 Å². The Labute approximate surface area is 48.9 Å². The molecule has 1 atom stereocenters. The smallest absolute Gasteiger partial charge is 0.163 e. The van der Waals surface area contributed by atoms with Crippen molar-refractivity contribution in [3.8, 4) is 0 Å². The van der Waals surface area contributed by atoms with E-state index >= 15 is 0 Å². The Morgan fingerprint density at radius 1 is 1.75 bits per heavy atom. The number of hydrogen-bond donors (Lipinski definition) is 0. The number of carbonyl (C=O) groups is 1. The van der Waals surface area contributed by atoms with Crippen LogP contribution >= 0.6 is 0 Å². The summed E-state index contributed by atoms with van der Waals surface area (Å²) in [6, 6.07) is 0. The zero-order valence-corrected chi connectivity index (χ0v) is 5.28. The van der Waals surface area contributed by atoms with Crippen LogP contribution in [0.15, 0.2) is 0 Å². The van der Waals surface area contributed by atoms with Gasteiger partial charge in [0.1, 0.15) is 0 Å². The molecular weight excluding hydrogens is 107 g/mol. The minimum absolute atomic E-state index is 0.355. The van der Waals surface area contributed by atoms with Gasteiger partial charge in [-0.1, -0.05) is 13.3 Å². The highest BCUT2D eigenvalue weighted by molar-refractivity contribution is 5.80. The lowest BCUT2D eigenvalue weighted by atomic mass is 10.2. The van der Waals surface area contributed by atoms with Gasteiger partial charge in [-0.25, -0.2) is 4.39 Å². The minimum atomic E-state index is -1.22. The SMILES string of the molecule is CCCC(F)C(C)=O. The summed E-state index contributed by atoms with van der Waals surface area (Å²) in [4.78, 5) is 10.2. The molecule has 0 bridgehead atoms. The summed E-state index contributed by atoms with van der Waals surface area (Å²) in [7, 11) is 0. The van der Waals surface area contributed by atoms with Crippen LogP contribution in [0.3, 0.4) is 0 Å². The Morgan fingerprint density at radius 2 is 2.25 bits per heavy atom. The van der Waals surface area contributed by atoms with E-state index in [0.717, 1.165) is 6.42 Å². The van der Waals surface area contributed by atoms with Crippen LogP contribution in [-0.4, -0.2) is 12.0 Å². The first-order valence-electron chi connectivity index (χ1n) is 2.83. The molecule has 0 rings (SSSR count). The molecule has 0 saturated carbocycles. The van der Waals surface area contributed by atoms with Crippen LogP contribution in [0.2, 0.25) is 0 Å². The van der Waals surface area contributed by atoms with Crippen molar-refractivity contribution in [2.45, 2.75) is 32.9 Å². The lowest BCUT2D eigenvalue weighted by Gasteiger charge is -1.97. The third kappa shape index (κ3) is 2.72. The van der Waals surface area contributed by atoms with Crippen LogP contribution in [0, 0.1) is 0 Å². The number of Topliss-reactive ketones (excluding diaryl/α,β-unsaturated/α-hetero) is 1. The predicted octanol–water partition coefficient (Wildman–Crippen LogP) is 1.71. The molecule has 0 aliphatic carbocycles. The Balaban J connectivity index is 3.32. The van der Waals surface area contributed by atoms with E-state index < -0.39 is 6.17 Å². The zero-order valence-electron chi connectivity index (χ0n) is 5.28. The third-order valence-electron chi connectivity index (χ3n) is 0.983. The van der Waals surface area contributed by atoms with Gasteiger partial charge in [0.2, 0.25) is 0 Å². The fourth-order valence-corrected chi connectivity index (χ4v) is 0.457. The topological polar surface area (TPSA) is 17.1 Å². The molecule has 8 heavy (non-hydrogen) atoms. The number of hydrogen-bond acceptors (Lipinski definition) is 1. The molecular formula is C6H11FO. The molecule has 0 saturated heterocycles. The van der Waals surface area contributed by atoms with Crippen LogP contribution in [-0.2, 0) is 4.79 Å². The van der Waals surface area contributed by atoms with Crippen LogP contribution in [0.1, 0.15) is 26.7 Å². The van der Waals surface area contributed by atoms with Gasteiger partial charge < -0.3 is 0 Å². The standard InChI is InChI=1S/C6H11FO/c1-3-4-6(7)5(2)8/h6H,3-4H2,1-2H3. The van der Waals surface area contributed by atoms with Crippen molar-refractivity contribution in [2.75, 3.05) is 0 Å². The van der Waals surface area contributed by atoms with E-state index in [1.165, 1.54) is 6.92 Å². The number of ketones is 1. The molecule has 0 aliphatic rings. The molecule has 0 spiro atoms. The van der Waals surface area contributed by atoms with E-state index in [1.54, 1.807) is 0 Å². The van der Waals surface area contributed by atoms with Gasteiger partial charge in [0.25, 0.3) is 0 Å². The summed E-state index contributed by atoms with van der Waals surface area (Å²) in [6.45, 7) is 3.13. The summed E-state index contributed by atoms with van der Waals surface area (Å²) >= 11 is 0. The summed E-state index contributed by atoms with van der Waals surface area (Å²) in [6.07, 6.45) is -0.115. The number of alkyl halides is 1. The molecule has 0 radical (unpaired) electrons. The highest BCUT2D eigenvalue weighted by Gasteiger charge is 2.08. The molecule has 2 heteroatoms. The van der Waals surface area contributed by atoms with Crippen molar-refractivity contribution in [1.82, 2.24) is 0 Å². The summed E-state index contributed by atoms with van der Waals surface area (Å²) < 4.78 is 12.2. The van der Waals surface area contributed by atoms with Gasteiger partial charge in [-0.2, -0.15) is 0 Å². The number of carbonyl (C=O) groups excluding carboxylic acids is 1. The number of halogens is 1. The maximum absolute atomic E-state index is 12.2. The first-order valence-corrected chi connectivity index (χ1v) is 2.83. The lowest BCUT2D eigenvalue weighted by Crippen LogP contribution is -2.09. The van der Waals surface area contributed by atoms with Crippen molar-refractivity contribution in [3.05, 3.63) is 0 Å². The molecule has 1 nitrogen and oxygen atoms in total. The van der Waals surface area contributed by atoms with Gasteiger partial charge in [0.15, 0.2) is 12.0 Å². The second-order valence-corrected chi connectivity index (χ2v) is 1.87. The molecule has 48 valence electrons. The summed E-state index contributed by atoms with van der Waals surface area (Å²) in [5, 5.41) is 0. The largest absolute Gasteiger partial charge is 0.297 e. The van der Waals surface area contributed by atoms with Crippen LogP contribution in [0.5, 0.6) is 0 Å². The molecule has 0 heterocycles. The number of rotatable bonds is 3. The highest BCUT2D eigenvalue weighted by Crippen LogP contribution is 2.00. The molecule has 0 fully saturated rings. The van der Waals surface area contributed by atoms with Crippen molar-refractivity contribution in [1.29, 1.82) is 0 Å². The Bertz CT molecular complexity index is 80.6. The molecule has 0 N–H and O–H groups in total. The van der Waals surface area contributed by atoms with Crippen molar-refractivity contribution < 1.29 is 9.18 Å². The first-order chi connectivity index (χ1) is 3.68. The Hall–Kier alpha value is -0.400. The van der Waals surface area contributed by atoms with Gasteiger partial charge in [-0.05, 0) is 13.3 Å². The molecule has 0 amide bonds. The second kappa shape index (κ2) is 3.58. The molecule has 1 unspecified atom stereocenters. The fourth-order valence-electron chi connectivity index (χ4n) is 0.457. The average molecular weight is 118 g/mol. The average Bonchev–Trinajstić information content (AvgIpc) is 1.67. The monoisotopic (exact) mass is 118 g/mol. The van der Waals surface area contributed by atoms with Crippen molar-refractivity contribution in [3.63, 3.8) is 0 Å². The predicted molar refractivity (Wildman–Crippen MR) is 30.5 cm³/mol. The highest BCUT2D eigenvalue weighted by atomic mass is 19.1. The van der Waals surface area contributed by atoms with Gasteiger partial charge in [0, 0.05) is 0 Å². The first kappa shape index (κ1) is 7.60. The molecule has 0 aliphatic heterocycles. The zero-order chi connectivity index (χ0) is 6.57. The normalized spacial score (nSPS) is 13.4. The molecule has 0 aromatic rings. The summed E-state index contributed by atoms with van der Waals surface area (Å²) in [5.74, 6) is -0.355. The minimum Gasteiger partial charge on any atom is -0.297 e. The second-order valence-electron chi connectivity index (χ2n) is 1.87. The van der Waals surface area contributed by atoms with Gasteiger partial charge in [-0.3, -0.25) is 4.79 Å². The van der Waals surface area contributed by atoms with E-state index in [2.05, 4.69) is 0 Å². The van der Waals surface area contributed by atoms with E-state index in [-0.39, 0.29) is 5.78 Å². The van der Waals surface area contributed by atoms with E-state index in [0.29, 0.717) is 6.42 Å². The van der Waals surface area contributed by atoms with Crippen molar-refractivity contribution in [2.24, 2.45) is 0 Å². The quantitative estimate of drug-likeness (QED) is 0.551. The Morgan fingerprint density at radius 3 is 2.38 bits per heavy atom. The van der Waals surface area contributed by atoms with Crippen LogP contribution in [0.25, 0.3) is 0 Å². The lowest BCUT2D eigenvalue weighted by molar-refractivity contribution is -0.121. The van der Waals surface area contributed by atoms with Gasteiger partial charge in [-0.15, -0.1) is 0 Å². The third-order valence-corrected chi connectivity index (χ3v) is 0.983. The van der Waals surface area contributed by atoms with E-state index in [4.69, 9.17) is 0 Å². The van der Waals surface area contributed by atoms with Gasteiger partial charge >= 0.3 is 0 Å². The molecule has 0 aromatic heterocycles. The maximum atomic E-state index is 12.2.